The van der Waals surface area contributed by atoms with Gasteiger partial charge in [0.15, 0.2) is 8.32 Å². The molecule has 4 rings (SSSR count). The number of carbonyl (C=O) groups is 3. The maximum absolute atomic E-state index is 12.8. The van der Waals surface area contributed by atoms with Crippen LogP contribution in [0.25, 0.3) is 0 Å². The van der Waals surface area contributed by atoms with Gasteiger partial charge in [-0.15, -0.1) is 0 Å². The third-order valence-corrected chi connectivity index (χ3v) is 18.2. The van der Waals surface area contributed by atoms with Crippen molar-refractivity contribution in [3.63, 3.8) is 0 Å². The third-order valence-electron chi connectivity index (χ3n) is 12.6. The van der Waals surface area contributed by atoms with Gasteiger partial charge in [0.25, 0.3) is 8.53 Å². The van der Waals surface area contributed by atoms with Gasteiger partial charge in [-0.2, -0.15) is 5.26 Å². The molecule has 67 heavy (non-hydrogen) atoms. The molecule has 2 aromatic carbocycles. The molecule has 4 N–H and O–H groups in total. The van der Waals surface area contributed by atoms with Crippen LogP contribution in [0.1, 0.15) is 134 Å². The molecule has 3 amide bonds. The lowest BCUT2D eigenvalue weighted by molar-refractivity contribution is -0.121. The first kappa shape index (κ1) is 55.6. The number of fused-ring (bicyclic) bond motifs is 2. The van der Waals surface area contributed by atoms with E-state index < -0.39 is 58.4 Å². The lowest BCUT2D eigenvalue weighted by atomic mass is 9.79. The van der Waals surface area contributed by atoms with Crippen molar-refractivity contribution in [2.24, 2.45) is 5.92 Å². The highest BCUT2D eigenvalue weighted by Crippen LogP contribution is 2.53. The maximum atomic E-state index is 12.8. The Hall–Kier alpha value is -3.99. The minimum absolute atomic E-state index is 0.0115. The molecular formula is C50H75BN5O9PSi. The quantitative estimate of drug-likeness (QED) is 0.0291. The molecule has 0 bridgehead atoms. The van der Waals surface area contributed by atoms with E-state index in [-0.39, 0.29) is 43.5 Å². The molecule has 14 nitrogen and oxygen atoms in total. The monoisotopic (exact) mass is 960 g/mol. The Kier molecular flexibility index (Phi) is 23.1. The zero-order valence-corrected chi connectivity index (χ0v) is 43.0. The smallest absolute Gasteiger partial charge is 0.407 e. The second-order valence-corrected chi connectivity index (χ2v) is 25.1. The van der Waals surface area contributed by atoms with Crippen LogP contribution in [0.5, 0.6) is 0 Å². The van der Waals surface area contributed by atoms with Crippen LogP contribution in [-0.4, -0.2) is 107 Å². The standard InChI is InChI=1S/C50H75BN5O9PSi/c1-36(2)56(37(3)4)66(62-32-20-28-52)65-46-42(34-50(5,6)67(7,8)60)47(51)63-44(46)35-61-48(58)54-30-18-10-9-17-29-53-45(57)25-12-11-19-31-55-49(59)64-43-33-40-23-14-13-21-38(40)26-27-39-22-15-16-24-41(39)43/h13-16,21-24,36-37,42-44,46-47,60H,9-12,17-20,25,29-35H2,1-8H3,(H,53,57)(H,54,58)(H,55,59)/t42?,43?,44-,46-,47-,66?/m1/s1. The number of ether oxygens (including phenoxy) is 3. The van der Waals surface area contributed by atoms with Gasteiger partial charge < -0.3 is 44.0 Å². The van der Waals surface area contributed by atoms with Gasteiger partial charge in [0, 0.05) is 73.2 Å². The highest BCUT2D eigenvalue weighted by Gasteiger charge is 2.50. The minimum Gasteiger partial charge on any atom is -0.447 e. The Morgan fingerprint density at radius 2 is 1.51 bits per heavy atom. The first-order valence-corrected chi connectivity index (χ1v) is 28.2. The average molecular weight is 960 g/mol. The number of nitriles is 1. The summed E-state index contributed by atoms with van der Waals surface area (Å²) in [5.74, 6) is 6.17. The Morgan fingerprint density at radius 3 is 2.16 bits per heavy atom. The third kappa shape index (κ3) is 18.1. The molecule has 6 atom stereocenters. The van der Waals surface area contributed by atoms with Crippen molar-refractivity contribution in [1.29, 1.82) is 5.26 Å². The Morgan fingerprint density at radius 1 is 0.910 bits per heavy atom. The van der Waals surface area contributed by atoms with Crippen molar-refractivity contribution in [2.75, 3.05) is 32.8 Å². The fourth-order valence-electron chi connectivity index (χ4n) is 8.12. The van der Waals surface area contributed by atoms with Gasteiger partial charge in [-0.3, -0.25) is 4.79 Å². The second-order valence-electron chi connectivity index (χ2n) is 19.2. The van der Waals surface area contributed by atoms with E-state index in [1.54, 1.807) is 0 Å². The Labute approximate surface area is 403 Å². The predicted octanol–water partition coefficient (Wildman–Crippen LogP) is 8.91. The first-order chi connectivity index (χ1) is 31.9. The fraction of sp³-hybridized carbons (Fsp3) is 0.640. The van der Waals surface area contributed by atoms with Crippen LogP contribution in [0.4, 0.5) is 9.59 Å². The highest BCUT2D eigenvalue weighted by atomic mass is 31.2. The van der Waals surface area contributed by atoms with E-state index in [2.05, 4.69) is 66.2 Å². The molecule has 0 spiro atoms. The molecule has 0 saturated carbocycles. The molecule has 17 heteroatoms. The summed E-state index contributed by atoms with van der Waals surface area (Å²) in [7, 11) is 2.35. The molecule has 3 unspecified atom stereocenters. The van der Waals surface area contributed by atoms with E-state index >= 15 is 0 Å². The molecule has 2 aromatic rings. The van der Waals surface area contributed by atoms with Crippen molar-refractivity contribution >= 4 is 42.8 Å². The molecule has 1 aliphatic carbocycles. The van der Waals surface area contributed by atoms with Gasteiger partial charge in [0.1, 0.15) is 26.7 Å². The number of nitrogens with zero attached hydrogens (tertiary/aromatic N) is 2. The lowest BCUT2D eigenvalue weighted by Gasteiger charge is -2.41. The first-order valence-electron chi connectivity index (χ1n) is 24.1. The van der Waals surface area contributed by atoms with Gasteiger partial charge in [-0.1, -0.05) is 81.3 Å². The van der Waals surface area contributed by atoms with Crippen LogP contribution in [0, 0.1) is 29.1 Å². The SMILES string of the molecule is [B][C@@H]1O[C@H](COC(=O)NCCCCCCNC(=O)CCCCCNC(=O)OC2Cc3ccccc3C#Cc3ccccc32)[C@H](OP(OCCC#N)N(C(C)C)C(C)C)C1CC(C)(C)[Si](C)(C)O. The molecule has 2 aliphatic rings. The summed E-state index contributed by atoms with van der Waals surface area (Å²) in [5.41, 5.74) is 3.73. The second kappa shape index (κ2) is 27.9. The summed E-state index contributed by atoms with van der Waals surface area (Å²) in [6, 6.07) is 17.3. The molecule has 2 radical (unpaired) electrons. The molecule has 1 heterocycles. The number of hydrogen-bond donors (Lipinski definition) is 4. The summed E-state index contributed by atoms with van der Waals surface area (Å²) >= 11 is 0. The zero-order chi connectivity index (χ0) is 49.0. The lowest BCUT2D eigenvalue weighted by Crippen LogP contribution is -2.44. The van der Waals surface area contributed by atoms with Crippen molar-refractivity contribution in [3.05, 3.63) is 70.8 Å². The van der Waals surface area contributed by atoms with Gasteiger partial charge in [0.05, 0.1) is 25.2 Å². The normalized spacial score (nSPS) is 19.5. The summed E-state index contributed by atoms with van der Waals surface area (Å²) in [4.78, 5) is 49.2. The fourth-order valence-corrected chi connectivity index (χ4v) is 10.7. The Bertz CT molecular complexity index is 1980. The van der Waals surface area contributed by atoms with Crippen molar-refractivity contribution in [2.45, 2.75) is 167 Å². The number of hydrogen-bond acceptors (Lipinski definition) is 11. The van der Waals surface area contributed by atoms with E-state index in [1.165, 1.54) is 0 Å². The molecule has 1 aliphatic heterocycles. The topological polar surface area (TPSA) is 181 Å². The molecular weight excluding hydrogens is 884 g/mol. The van der Waals surface area contributed by atoms with E-state index in [9.17, 15) is 24.4 Å². The maximum Gasteiger partial charge on any atom is 0.407 e. The van der Waals surface area contributed by atoms with Crippen LogP contribution in [-0.2, 0) is 34.5 Å². The van der Waals surface area contributed by atoms with Crippen molar-refractivity contribution in [1.82, 2.24) is 20.6 Å². The molecule has 366 valence electrons. The average Bonchev–Trinajstić information content (AvgIpc) is 3.54. The molecule has 0 aromatic heterocycles. The van der Waals surface area contributed by atoms with Crippen LogP contribution in [0.3, 0.4) is 0 Å². The van der Waals surface area contributed by atoms with Crippen molar-refractivity contribution < 1.29 is 42.4 Å². The van der Waals surface area contributed by atoms with E-state index in [4.69, 9.17) is 31.1 Å². The number of benzene rings is 2. The van der Waals surface area contributed by atoms with Crippen LogP contribution in [0.2, 0.25) is 18.1 Å². The van der Waals surface area contributed by atoms with Crippen LogP contribution >= 0.6 is 8.53 Å². The van der Waals surface area contributed by atoms with Gasteiger partial charge in [-0.05, 0) is 95.6 Å². The van der Waals surface area contributed by atoms with E-state index in [0.29, 0.717) is 38.9 Å². The number of carbonyl (C=O) groups excluding carboxylic acids is 3. The predicted molar refractivity (Wildman–Crippen MR) is 265 cm³/mol. The zero-order valence-electron chi connectivity index (χ0n) is 41.1. The summed E-state index contributed by atoms with van der Waals surface area (Å²) in [6.45, 7) is 17.8. The molecule has 1 saturated heterocycles. The summed E-state index contributed by atoms with van der Waals surface area (Å²) in [6.07, 6.45) is 4.56. The highest BCUT2D eigenvalue weighted by molar-refractivity contribution is 7.44. The van der Waals surface area contributed by atoms with Crippen molar-refractivity contribution in [3.8, 4) is 17.9 Å². The van der Waals surface area contributed by atoms with E-state index in [1.807, 2.05) is 75.5 Å². The summed E-state index contributed by atoms with van der Waals surface area (Å²) in [5, 5.41) is 17.5. The number of rotatable bonds is 27. The number of unbranched alkanes of at least 4 members (excludes halogenated alkanes) is 5. The van der Waals surface area contributed by atoms with Gasteiger partial charge >= 0.3 is 12.2 Å². The summed E-state index contributed by atoms with van der Waals surface area (Å²) < 4.78 is 33.0. The van der Waals surface area contributed by atoms with Gasteiger partial charge in [0.2, 0.25) is 5.91 Å². The Balaban J connectivity index is 1.10. The number of amides is 3. The van der Waals surface area contributed by atoms with Gasteiger partial charge in [-0.25, -0.2) is 14.3 Å². The largest absolute Gasteiger partial charge is 0.447 e. The van der Waals surface area contributed by atoms with Crippen LogP contribution in [0.15, 0.2) is 48.5 Å². The minimum atomic E-state index is -2.63. The number of nitrogens with one attached hydrogen (secondary N) is 3. The molecule has 1 fully saturated rings. The van der Waals surface area contributed by atoms with Crippen LogP contribution < -0.4 is 16.0 Å². The van der Waals surface area contributed by atoms with E-state index in [0.717, 1.165) is 67.2 Å². The number of alkyl carbamates (subject to hydrolysis) is 2.